The van der Waals surface area contributed by atoms with Gasteiger partial charge in [0.05, 0.1) is 5.56 Å². The van der Waals surface area contributed by atoms with E-state index >= 15 is 0 Å². The van der Waals surface area contributed by atoms with Crippen LogP contribution >= 0.6 is 0 Å². The average Bonchev–Trinajstić information content (AvgIpc) is 2.64. The van der Waals surface area contributed by atoms with Crippen molar-refractivity contribution in [3.8, 4) is 11.8 Å². The SMILES string of the molecule is N#Cc1ccccc1OCC(=O)N/N=C1\CC[C@H]2CCCC[C@H]2C1. The van der Waals surface area contributed by atoms with Crippen molar-refractivity contribution in [1.29, 1.82) is 5.26 Å². The first-order valence-corrected chi connectivity index (χ1v) is 8.72. The molecule has 2 aliphatic carbocycles. The van der Waals surface area contributed by atoms with Crippen molar-refractivity contribution in [3.05, 3.63) is 29.8 Å². The molecule has 0 aromatic heterocycles. The third kappa shape index (κ3) is 4.14. The smallest absolute Gasteiger partial charge is 0.277 e. The number of nitrogens with zero attached hydrogens (tertiary/aromatic N) is 2. The van der Waals surface area contributed by atoms with Gasteiger partial charge >= 0.3 is 0 Å². The summed E-state index contributed by atoms with van der Waals surface area (Å²) in [6.45, 7) is -0.137. The fraction of sp³-hybridized carbons (Fsp3) is 0.526. The van der Waals surface area contributed by atoms with E-state index in [9.17, 15) is 4.79 Å². The summed E-state index contributed by atoms with van der Waals surface area (Å²) in [6.07, 6.45) is 8.55. The molecule has 2 fully saturated rings. The molecule has 5 nitrogen and oxygen atoms in total. The van der Waals surface area contributed by atoms with Crippen LogP contribution in [0.3, 0.4) is 0 Å². The van der Waals surface area contributed by atoms with E-state index in [2.05, 4.69) is 10.5 Å². The summed E-state index contributed by atoms with van der Waals surface area (Å²) >= 11 is 0. The molecule has 1 amide bonds. The molecule has 1 N–H and O–H groups in total. The normalized spacial score (nSPS) is 24.7. The summed E-state index contributed by atoms with van der Waals surface area (Å²) < 4.78 is 5.41. The van der Waals surface area contributed by atoms with Crippen molar-refractivity contribution in [2.24, 2.45) is 16.9 Å². The van der Waals surface area contributed by atoms with E-state index in [1.807, 2.05) is 6.07 Å². The zero-order valence-corrected chi connectivity index (χ0v) is 13.8. The van der Waals surface area contributed by atoms with Gasteiger partial charge in [0.15, 0.2) is 6.61 Å². The molecule has 0 saturated heterocycles. The van der Waals surface area contributed by atoms with Crippen molar-refractivity contribution >= 4 is 11.6 Å². The largest absolute Gasteiger partial charge is 0.482 e. The first-order chi connectivity index (χ1) is 11.8. The van der Waals surface area contributed by atoms with E-state index in [0.29, 0.717) is 11.3 Å². The van der Waals surface area contributed by atoms with Crippen LogP contribution in [0.5, 0.6) is 5.75 Å². The van der Waals surface area contributed by atoms with E-state index in [1.165, 1.54) is 32.1 Å². The van der Waals surface area contributed by atoms with Crippen LogP contribution in [0.2, 0.25) is 0 Å². The Kier molecular flexibility index (Phi) is 5.47. The lowest BCUT2D eigenvalue weighted by Crippen LogP contribution is -2.31. The van der Waals surface area contributed by atoms with Crippen LogP contribution in [0.15, 0.2) is 29.4 Å². The summed E-state index contributed by atoms with van der Waals surface area (Å²) in [5.74, 6) is 1.74. The lowest BCUT2D eigenvalue weighted by molar-refractivity contribution is -0.123. The molecule has 2 saturated carbocycles. The van der Waals surface area contributed by atoms with Crippen LogP contribution in [0, 0.1) is 23.2 Å². The highest BCUT2D eigenvalue weighted by atomic mass is 16.5. The van der Waals surface area contributed by atoms with Gasteiger partial charge in [-0.3, -0.25) is 4.79 Å². The second-order valence-electron chi connectivity index (χ2n) is 6.66. The van der Waals surface area contributed by atoms with Gasteiger partial charge < -0.3 is 4.74 Å². The van der Waals surface area contributed by atoms with Crippen LogP contribution in [0.25, 0.3) is 0 Å². The number of ether oxygens (including phenoxy) is 1. The van der Waals surface area contributed by atoms with Crippen molar-refractivity contribution in [3.63, 3.8) is 0 Å². The highest BCUT2D eigenvalue weighted by molar-refractivity contribution is 5.87. The van der Waals surface area contributed by atoms with E-state index in [-0.39, 0.29) is 12.5 Å². The molecule has 126 valence electrons. The first kappa shape index (κ1) is 16.5. The quantitative estimate of drug-likeness (QED) is 0.862. The molecule has 0 radical (unpaired) electrons. The number of hydrazone groups is 1. The van der Waals surface area contributed by atoms with Crippen molar-refractivity contribution < 1.29 is 9.53 Å². The van der Waals surface area contributed by atoms with Crippen molar-refractivity contribution in [2.45, 2.75) is 44.9 Å². The summed E-state index contributed by atoms with van der Waals surface area (Å²) in [6, 6.07) is 8.93. The topological polar surface area (TPSA) is 74.5 Å². The fourth-order valence-electron chi connectivity index (χ4n) is 3.79. The summed E-state index contributed by atoms with van der Waals surface area (Å²) in [7, 11) is 0. The lowest BCUT2D eigenvalue weighted by atomic mass is 9.70. The second kappa shape index (κ2) is 7.96. The van der Waals surface area contributed by atoms with E-state index in [4.69, 9.17) is 10.00 Å². The Labute approximate surface area is 142 Å². The van der Waals surface area contributed by atoms with Gasteiger partial charge in [-0.15, -0.1) is 0 Å². The van der Waals surface area contributed by atoms with Gasteiger partial charge in [-0.2, -0.15) is 10.4 Å². The standard InChI is InChI=1S/C19H23N3O2/c20-12-16-7-3-4-8-18(16)24-13-19(23)22-21-17-10-9-14-5-1-2-6-15(14)11-17/h3-4,7-8,14-15H,1-2,5-6,9-11,13H2,(H,22,23)/b21-17+/t14-,15+/m1/s1. The summed E-state index contributed by atoms with van der Waals surface area (Å²) in [5, 5.41) is 13.3. The molecule has 0 bridgehead atoms. The Morgan fingerprint density at radius 3 is 2.88 bits per heavy atom. The maximum absolute atomic E-state index is 11.9. The number of carbonyl (C=O) groups is 1. The van der Waals surface area contributed by atoms with Crippen LogP contribution in [0.1, 0.15) is 50.5 Å². The number of nitrogens with one attached hydrogen (secondary N) is 1. The van der Waals surface area contributed by atoms with Gasteiger partial charge in [-0.1, -0.05) is 31.4 Å². The number of hydrogen-bond acceptors (Lipinski definition) is 4. The highest BCUT2D eigenvalue weighted by Gasteiger charge is 2.30. The Morgan fingerprint density at radius 1 is 1.25 bits per heavy atom. The number of benzene rings is 1. The number of rotatable bonds is 4. The minimum Gasteiger partial charge on any atom is -0.482 e. The van der Waals surface area contributed by atoms with Crippen molar-refractivity contribution in [1.82, 2.24) is 5.43 Å². The number of hydrogen-bond donors (Lipinski definition) is 1. The number of para-hydroxylation sites is 1. The zero-order chi connectivity index (χ0) is 16.8. The summed E-state index contributed by atoms with van der Waals surface area (Å²) in [5.41, 5.74) is 4.12. The zero-order valence-electron chi connectivity index (χ0n) is 13.8. The van der Waals surface area contributed by atoms with E-state index in [1.54, 1.807) is 24.3 Å². The molecule has 1 aromatic rings. The molecule has 5 heteroatoms. The summed E-state index contributed by atoms with van der Waals surface area (Å²) in [4.78, 5) is 11.9. The molecule has 0 heterocycles. The predicted octanol–water partition coefficient (Wildman–Crippen LogP) is 3.40. The minimum atomic E-state index is -0.291. The Hall–Kier alpha value is -2.35. The number of amides is 1. The average molecular weight is 325 g/mol. The van der Waals surface area contributed by atoms with E-state index < -0.39 is 0 Å². The van der Waals surface area contributed by atoms with E-state index in [0.717, 1.165) is 30.4 Å². The third-order valence-electron chi connectivity index (χ3n) is 5.07. The molecule has 2 aliphatic rings. The van der Waals surface area contributed by atoms with Gasteiger partial charge in [0.2, 0.25) is 0 Å². The van der Waals surface area contributed by atoms with Gasteiger partial charge in [-0.05, 0) is 49.7 Å². The number of nitriles is 1. The number of fused-ring (bicyclic) bond motifs is 1. The van der Waals surface area contributed by atoms with Crippen molar-refractivity contribution in [2.75, 3.05) is 6.61 Å². The van der Waals surface area contributed by atoms with Crippen LogP contribution in [-0.2, 0) is 4.79 Å². The van der Waals surface area contributed by atoms with Crippen LogP contribution < -0.4 is 10.2 Å². The Balaban J connectivity index is 1.48. The first-order valence-electron chi connectivity index (χ1n) is 8.72. The minimum absolute atomic E-state index is 0.137. The van der Waals surface area contributed by atoms with Gasteiger partial charge in [-0.25, -0.2) is 5.43 Å². The Bertz CT molecular complexity index is 663. The maximum Gasteiger partial charge on any atom is 0.277 e. The third-order valence-corrected chi connectivity index (χ3v) is 5.07. The second-order valence-corrected chi connectivity index (χ2v) is 6.66. The van der Waals surface area contributed by atoms with Crippen LogP contribution in [-0.4, -0.2) is 18.2 Å². The molecular weight excluding hydrogens is 302 g/mol. The molecule has 24 heavy (non-hydrogen) atoms. The van der Waals surface area contributed by atoms with Gasteiger partial charge in [0.1, 0.15) is 11.8 Å². The van der Waals surface area contributed by atoms with Gasteiger partial charge in [0, 0.05) is 5.71 Å². The highest BCUT2D eigenvalue weighted by Crippen LogP contribution is 2.39. The number of carbonyl (C=O) groups excluding carboxylic acids is 1. The van der Waals surface area contributed by atoms with Crippen LogP contribution in [0.4, 0.5) is 0 Å². The molecule has 0 spiro atoms. The predicted molar refractivity (Wildman–Crippen MR) is 91.5 cm³/mol. The fourth-order valence-corrected chi connectivity index (χ4v) is 3.79. The monoisotopic (exact) mass is 325 g/mol. The molecule has 3 rings (SSSR count). The molecular formula is C19H23N3O2. The van der Waals surface area contributed by atoms with Gasteiger partial charge in [0.25, 0.3) is 5.91 Å². The Morgan fingerprint density at radius 2 is 2.04 bits per heavy atom. The molecule has 1 aromatic carbocycles. The molecule has 2 atom stereocenters. The molecule has 0 aliphatic heterocycles. The molecule has 0 unspecified atom stereocenters. The maximum atomic E-state index is 11.9. The lowest BCUT2D eigenvalue weighted by Gasteiger charge is -2.35.